The molecule has 1 unspecified atom stereocenters. The molecule has 0 bridgehead atoms. The average Bonchev–Trinajstić information content (AvgIpc) is 2.78. The van der Waals surface area contributed by atoms with Gasteiger partial charge in [-0.25, -0.2) is 4.98 Å². The molecule has 0 fully saturated rings. The molecular weight excluding hydrogens is 220 g/mol. The molecule has 2 heterocycles. The Labute approximate surface area is 98.5 Å². The van der Waals surface area contributed by atoms with Crippen molar-refractivity contribution in [3.63, 3.8) is 0 Å². The first-order valence-electron chi connectivity index (χ1n) is 5.10. The van der Waals surface area contributed by atoms with E-state index >= 15 is 0 Å². The van der Waals surface area contributed by atoms with Gasteiger partial charge in [-0.15, -0.1) is 0 Å². The number of aliphatic imine (C=N–C) groups is 1. The minimum atomic E-state index is -1.12. The molecule has 1 aliphatic rings. The Morgan fingerprint density at radius 1 is 1.35 bits per heavy atom. The van der Waals surface area contributed by atoms with Gasteiger partial charge in [-0.2, -0.15) is 9.97 Å². The molecule has 0 N–H and O–H groups in total. The largest absolute Gasteiger partial charge is 0.467 e. The van der Waals surface area contributed by atoms with Crippen LogP contribution in [0.15, 0.2) is 17.1 Å². The van der Waals surface area contributed by atoms with Crippen LogP contribution in [0, 0.1) is 6.92 Å². The molecule has 1 aromatic rings. The summed E-state index contributed by atoms with van der Waals surface area (Å²) in [5.74, 6) is 0.637. The number of rotatable bonds is 3. The molecule has 0 amide bonds. The molecule has 6 nitrogen and oxygen atoms in total. The van der Waals surface area contributed by atoms with Gasteiger partial charge in [0.1, 0.15) is 5.82 Å². The van der Waals surface area contributed by atoms with Crippen molar-refractivity contribution in [3.8, 4) is 6.01 Å². The smallest absolute Gasteiger partial charge is 0.319 e. The maximum absolute atomic E-state index is 11.8. The molecule has 1 aromatic heterocycles. The lowest BCUT2D eigenvalue weighted by molar-refractivity contribution is -0.120. The number of hydrogen-bond donors (Lipinski definition) is 0. The summed E-state index contributed by atoms with van der Waals surface area (Å²) in [4.78, 5) is 28.2. The Morgan fingerprint density at radius 3 is 2.65 bits per heavy atom. The fraction of sp³-hybridized carbons (Fsp3) is 0.364. The van der Waals surface area contributed by atoms with Crippen molar-refractivity contribution in [2.45, 2.75) is 19.4 Å². The molecule has 88 valence electrons. The highest BCUT2D eigenvalue weighted by molar-refractivity contribution is 5.94. The van der Waals surface area contributed by atoms with Crippen LogP contribution in [0.5, 0.6) is 6.01 Å². The molecule has 17 heavy (non-hydrogen) atoms. The van der Waals surface area contributed by atoms with Gasteiger partial charge in [0.2, 0.25) is 0 Å². The second-order valence-electron chi connectivity index (χ2n) is 3.65. The summed E-state index contributed by atoms with van der Waals surface area (Å²) >= 11 is 0. The lowest BCUT2D eigenvalue weighted by Gasteiger charge is -2.19. The number of Topliss-reactive ketones (excluding diaryl/α,β-unsaturated/α-hetero) is 1. The molecule has 0 saturated carbocycles. The highest BCUT2D eigenvalue weighted by atomic mass is 16.5. The molecular formula is C11H12N4O2. The molecule has 1 atom stereocenters. The molecule has 0 aromatic carbocycles. The maximum atomic E-state index is 11.8. The van der Waals surface area contributed by atoms with E-state index in [1.54, 1.807) is 25.3 Å². The zero-order chi connectivity index (χ0) is 12.5. The molecule has 0 saturated heterocycles. The quantitative estimate of drug-likeness (QED) is 0.763. The van der Waals surface area contributed by atoms with Crippen LogP contribution in [0.25, 0.3) is 0 Å². The standard InChI is InChI=1S/C11H12N4O2/c1-7(16)11(5-4-6-12-11)9-13-8(2)14-10(15-9)17-3/h4-6H,1-3H3. The molecule has 6 heteroatoms. The van der Waals surface area contributed by atoms with Crippen LogP contribution in [0.2, 0.25) is 0 Å². The lowest BCUT2D eigenvalue weighted by Crippen LogP contribution is -2.31. The maximum Gasteiger partial charge on any atom is 0.319 e. The van der Waals surface area contributed by atoms with Crippen molar-refractivity contribution >= 4 is 12.0 Å². The number of ether oxygens (including phenoxy) is 1. The first-order valence-corrected chi connectivity index (χ1v) is 5.10. The van der Waals surface area contributed by atoms with Crippen LogP contribution in [0.4, 0.5) is 0 Å². The number of nitrogens with zero attached hydrogens (tertiary/aromatic N) is 4. The van der Waals surface area contributed by atoms with Gasteiger partial charge in [0.05, 0.1) is 7.11 Å². The first-order chi connectivity index (χ1) is 8.08. The second-order valence-corrected chi connectivity index (χ2v) is 3.65. The zero-order valence-electron chi connectivity index (χ0n) is 9.84. The van der Waals surface area contributed by atoms with Crippen molar-refractivity contribution in [2.24, 2.45) is 4.99 Å². The average molecular weight is 232 g/mol. The van der Waals surface area contributed by atoms with Gasteiger partial charge in [-0.3, -0.25) is 9.79 Å². The topological polar surface area (TPSA) is 77.3 Å². The molecule has 0 aliphatic carbocycles. The van der Waals surface area contributed by atoms with Crippen molar-refractivity contribution in [2.75, 3.05) is 7.11 Å². The van der Waals surface area contributed by atoms with E-state index in [4.69, 9.17) is 4.74 Å². The number of ketones is 1. The van der Waals surface area contributed by atoms with E-state index in [2.05, 4.69) is 19.9 Å². The number of aryl methyl sites for hydroxylation is 1. The number of carbonyl (C=O) groups is 1. The Hall–Kier alpha value is -2.11. The minimum Gasteiger partial charge on any atom is -0.467 e. The third-order valence-corrected chi connectivity index (χ3v) is 2.49. The summed E-state index contributed by atoms with van der Waals surface area (Å²) in [6, 6.07) is 0.184. The van der Waals surface area contributed by atoms with Crippen molar-refractivity contribution < 1.29 is 9.53 Å². The number of allylic oxidation sites excluding steroid dienone is 1. The number of aromatic nitrogens is 3. The monoisotopic (exact) mass is 232 g/mol. The summed E-state index contributed by atoms with van der Waals surface area (Å²) in [6.45, 7) is 3.17. The highest BCUT2D eigenvalue weighted by Gasteiger charge is 2.39. The van der Waals surface area contributed by atoms with E-state index in [0.29, 0.717) is 11.6 Å². The number of carbonyl (C=O) groups excluding carboxylic acids is 1. The predicted octanol–water partition coefficient (Wildman–Crippen LogP) is 0.614. The fourth-order valence-electron chi connectivity index (χ4n) is 1.60. The van der Waals surface area contributed by atoms with Crippen LogP contribution in [0.3, 0.4) is 0 Å². The van der Waals surface area contributed by atoms with Crippen LogP contribution in [-0.4, -0.2) is 34.1 Å². The summed E-state index contributed by atoms with van der Waals surface area (Å²) in [5, 5.41) is 0. The highest BCUT2D eigenvalue weighted by Crippen LogP contribution is 2.29. The van der Waals surface area contributed by atoms with Crippen LogP contribution in [-0.2, 0) is 10.3 Å². The number of methoxy groups -OCH3 is 1. The van der Waals surface area contributed by atoms with Gasteiger partial charge in [0, 0.05) is 6.21 Å². The van der Waals surface area contributed by atoms with E-state index in [-0.39, 0.29) is 11.8 Å². The van der Waals surface area contributed by atoms with Gasteiger partial charge in [-0.05, 0) is 26.0 Å². The summed E-state index contributed by atoms with van der Waals surface area (Å²) in [5.41, 5.74) is -1.12. The number of hydrogen-bond acceptors (Lipinski definition) is 6. The molecule has 0 radical (unpaired) electrons. The first kappa shape index (κ1) is 11.4. The van der Waals surface area contributed by atoms with Gasteiger partial charge >= 0.3 is 6.01 Å². The van der Waals surface area contributed by atoms with Crippen LogP contribution < -0.4 is 4.74 Å². The normalized spacial score (nSPS) is 21.8. The van der Waals surface area contributed by atoms with E-state index in [0.717, 1.165) is 0 Å². The Bertz CT molecular complexity index is 510. The van der Waals surface area contributed by atoms with Gasteiger partial charge < -0.3 is 4.74 Å². The zero-order valence-corrected chi connectivity index (χ0v) is 9.84. The molecule has 1 aliphatic heterocycles. The predicted molar refractivity (Wildman–Crippen MR) is 61.1 cm³/mol. The molecule has 2 rings (SSSR count). The summed E-state index contributed by atoms with van der Waals surface area (Å²) in [6.07, 6.45) is 4.93. The van der Waals surface area contributed by atoms with Crippen molar-refractivity contribution in [3.05, 3.63) is 23.8 Å². The molecule has 0 spiro atoms. The summed E-state index contributed by atoms with van der Waals surface area (Å²) < 4.78 is 4.97. The van der Waals surface area contributed by atoms with E-state index < -0.39 is 5.54 Å². The van der Waals surface area contributed by atoms with E-state index in [1.807, 2.05) is 0 Å². The van der Waals surface area contributed by atoms with Gasteiger partial charge in [0.25, 0.3) is 0 Å². The Balaban J connectivity index is 2.59. The third-order valence-electron chi connectivity index (χ3n) is 2.49. The fourth-order valence-corrected chi connectivity index (χ4v) is 1.60. The van der Waals surface area contributed by atoms with Gasteiger partial charge in [0.15, 0.2) is 17.1 Å². The van der Waals surface area contributed by atoms with Crippen molar-refractivity contribution in [1.82, 2.24) is 15.0 Å². The lowest BCUT2D eigenvalue weighted by atomic mass is 9.95. The van der Waals surface area contributed by atoms with E-state index in [9.17, 15) is 4.79 Å². The minimum absolute atomic E-state index is 0.143. The van der Waals surface area contributed by atoms with E-state index in [1.165, 1.54) is 14.0 Å². The Kier molecular flexibility index (Phi) is 2.71. The Morgan fingerprint density at radius 2 is 2.12 bits per heavy atom. The SMILES string of the molecule is COc1nc(C)nc(C2(C(C)=O)C=CC=N2)n1. The van der Waals surface area contributed by atoms with Crippen molar-refractivity contribution in [1.29, 1.82) is 0 Å². The summed E-state index contributed by atoms with van der Waals surface area (Å²) in [7, 11) is 1.47. The van der Waals surface area contributed by atoms with Gasteiger partial charge in [-0.1, -0.05) is 0 Å². The third kappa shape index (κ3) is 1.82. The van der Waals surface area contributed by atoms with Crippen LogP contribution >= 0.6 is 0 Å². The van der Waals surface area contributed by atoms with Crippen LogP contribution in [0.1, 0.15) is 18.6 Å². The second kappa shape index (κ2) is 4.04.